The quantitative estimate of drug-likeness (QED) is 0.170. The van der Waals surface area contributed by atoms with Crippen LogP contribution in [0.4, 0.5) is 0 Å². The van der Waals surface area contributed by atoms with E-state index in [1.165, 1.54) is 13.3 Å². The summed E-state index contributed by atoms with van der Waals surface area (Å²) in [5.41, 5.74) is 2.22. The summed E-state index contributed by atoms with van der Waals surface area (Å²) >= 11 is 0. The summed E-state index contributed by atoms with van der Waals surface area (Å²) in [6, 6.07) is 30.7. The van der Waals surface area contributed by atoms with E-state index in [0.717, 1.165) is 0 Å². The van der Waals surface area contributed by atoms with Crippen LogP contribution in [0.3, 0.4) is 0 Å². The Morgan fingerprint density at radius 2 is 1.36 bits per heavy atom. The summed E-state index contributed by atoms with van der Waals surface area (Å²) < 4.78 is 10.8. The lowest BCUT2D eigenvalue weighted by Gasteiger charge is -2.27. The minimum absolute atomic E-state index is 0.201. The maximum atomic E-state index is 13.2. The van der Waals surface area contributed by atoms with Gasteiger partial charge in [0.15, 0.2) is 17.1 Å². The fourth-order valence-corrected chi connectivity index (χ4v) is 3.62. The highest BCUT2D eigenvalue weighted by Crippen LogP contribution is 2.30. The fourth-order valence-electron chi connectivity index (χ4n) is 3.62. The van der Waals surface area contributed by atoms with Crippen LogP contribution in [-0.4, -0.2) is 30.3 Å². The predicted molar refractivity (Wildman–Crippen MR) is 136 cm³/mol. The van der Waals surface area contributed by atoms with Crippen molar-refractivity contribution in [3.63, 3.8) is 0 Å². The fraction of sp³-hybridized carbons (Fsp3) is 0.0690. The van der Waals surface area contributed by atoms with Gasteiger partial charge in [0.2, 0.25) is 0 Å². The average molecular weight is 481 g/mol. The standard InChI is InChI=1S/C29H24N2O5/c1-35-25-18-17-21(19-26(25)36-27(32)22-11-5-2-6-12-22)20-30-31-28(33)29(34,23-13-7-3-8-14-23)24-15-9-4-10-16-24/h2-20,34H,1H3,(H,31,33)/b30-20+. The van der Waals surface area contributed by atoms with E-state index in [-0.39, 0.29) is 5.75 Å². The van der Waals surface area contributed by atoms with Crippen LogP contribution in [-0.2, 0) is 10.4 Å². The minimum Gasteiger partial charge on any atom is -0.493 e. The second kappa shape index (κ2) is 11.1. The van der Waals surface area contributed by atoms with E-state index in [9.17, 15) is 14.7 Å². The molecule has 7 heteroatoms. The molecule has 0 bridgehead atoms. The molecule has 0 aromatic heterocycles. The van der Waals surface area contributed by atoms with Crippen LogP contribution >= 0.6 is 0 Å². The molecular weight excluding hydrogens is 456 g/mol. The average Bonchev–Trinajstić information content (AvgIpc) is 2.94. The molecule has 0 aliphatic heterocycles. The summed E-state index contributed by atoms with van der Waals surface area (Å²) in [5.74, 6) is -0.692. The van der Waals surface area contributed by atoms with Gasteiger partial charge in [0.25, 0.3) is 5.91 Å². The Labute approximate surface area is 208 Å². The molecule has 0 unspecified atom stereocenters. The SMILES string of the molecule is COc1ccc(/C=N/NC(=O)C(O)(c2ccccc2)c2ccccc2)cc1OC(=O)c1ccccc1. The molecule has 0 radical (unpaired) electrons. The largest absolute Gasteiger partial charge is 0.493 e. The number of carbonyl (C=O) groups is 2. The summed E-state index contributed by atoms with van der Waals surface area (Å²) in [5, 5.41) is 15.5. The second-order valence-electron chi connectivity index (χ2n) is 7.81. The zero-order valence-electron chi connectivity index (χ0n) is 19.5. The Kier molecular flexibility index (Phi) is 7.53. The molecule has 4 aromatic rings. The Bertz CT molecular complexity index is 1320. The Hall–Kier alpha value is -4.75. The van der Waals surface area contributed by atoms with Crippen molar-refractivity contribution in [1.82, 2.24) is 5.43 Å². The van der Waals surface area contributed by atoms with Gasteiger partial charge in [-0.1, -0.05) is 78.9 Å². The number of amides is 1. The van der Waals surface area contributed by atoms with E-state index in [0.29, 0.717) is 28.0 Å². The van der Waals surface area contributed by atoms with Gasteiger partial charge < -0.3 is 14.6 Å². The molecule has 7 nitrogen and oxygen atoms in total. The number of ether oxygens (including phenoxy) is 2. The van der Waals surface area contributed by atoms with Crippen LogP contribution in [0.25, 0.3) is 0 Å². The molecule has 180 valence electrons. The van der Waals surface area contributed by atoms with Gasteiger partial charge in [0.1, 0.15) is 0 Å². The maximum Gasteiger partial charge on any atom is 0.343 e. The third-order valence-electron chi connectivity index (χ3n) is 5.49. The molecule has 0 spiro atoms. The number of hydrogen-bond acceptors (Lipinski definition) is 6. The van der Waals surface area contributed by atoms with Crippen LogP contribution in [0.5, 0.6) is 11.5 Å². The molecule has 4 aromatic carbocycles. The number of rotatable bonds is 8. The molecular formula is C29H24N2O5. The molecule has 36 heavy (non-hydrogen) atoms. The smallest absolute Gasteiger partial charge is 0.343 e. The number of nitrogens with zero attached hydrogens (tertiary/aromatic N) is 1. The highest BCUT2D eigenvalue weighted by molar-refractivity contribution is 5.92. The molecule has 2 N–H and O–H groups in total. The first-order chi connectivity index (χ1) is 17.5. The monoisotopic (exact) mass is 480 g/mol. The van der Waals surface area contributed by atoms with Crippen LogP contribution < -0.4 is 14.9 Å². The van der Waals surface area contributed by atoms with Gasteiger partial charge in [-0.25, -0.2) is 10.2 Å². The van der Waals surface area contributed by atoms with Crippen LogP contribution in [0.2, 0.25) is 0 Å². The Morgan fingerprint density at radius 3 is 1.92 bits per heavy atom. The summed E-state index contributed by atoms with van der Waals surface area (Å²) in [7, 11) is 1.47. The summed E-state index contributed by atoms with van der Waals surface area (Å²) in [6.45, 7) is 0. The first kappa shape index (κ1) is 24.4. The van der Waals surface area contributed by atoms with Crippen LogP contribution in [0.15, 0.2) is 114 Å². The third-order valence-corrected chi connectivity index (χ3v) is 5.49. The molecule has 0 heterocycles. The molecule has 0 atom stereocenters. The van der Waals surface area contributed by atoms with E-state index < -0.39 is 17.5 Å². The number of nitrogens with one attached hydrogen (secondary N) is 1. The molecule has 4 rings (SSSR count). The van der Waals surface area contributed by atoms with Crippen molar-refractivity contribution in [2.45, 2.75) is 5.60 Å². The van der Waals surface area contributed by atoms with Crippen molar-refractivity contribution < 1.29 is 24.2 Å². The van der Waals surface area contributed by atoms with Crippen LogP contribution in [0.1, 0.15) is 27.0 Å². The number of carbonyl (C=O) groups excluding carboxylic acids is 2. The highest BCUT2D eigenvalue weighted by Gasteiger charge is 2.39. The van der Waals surface area contributed by atoms with Gasteiger partial charge >= 0.3 is 5.97 Å². The van der Waals surface area contributed by atoms with E-state index >= 15 is 0 Å². The molecule has 1 amide bonds. The lowest BCUT2D eigenvalue weighted by molar-refractivity contribution is -0.136. The summed E-state index contributed by atoms with van der Waals surface area (Å²) in [6.07, 6.45) is 1.38. The van der Waals surface area contributed by atoms with Crippen molar-refractivity contribution in [3.05, 3.63) is 131 Å². The normalized spacial score (nSPS) is 11.2. The van der Waals surface area contributed by atoms with Crippen LogP contribution in [0, 0.1) is 0 Å². The Balaban J connectivity index is 1.54. The van der Waals surface area contributed by atoms with Crippen molar-refractivity contribution in [2.75, 3.05) is 7.11 Å². The topological polar surface area (TPSA) is 97.2 Å². The number of aliphatic hydroxyl groups is 1. The third kappa shape index (κ3) is 5.32. The number of methoxy groups -OCH3 is 1. The molecule has 0 fully saturated rings. The molecule has 0 aliphatic rings. The lowest BCUT2D eigenvalue weighted by Crippen LogP contribution is -2.43. The van der Waals surface area contributed by atoms with Gasteiger partial charge in [-0.3, -0.25) is 4.79 Å². The van der Waals surface area contributed by atoms with Crippen molar-refractivity contribution in [3.8, 4) is 11.5 Å². The molecule has 0 aliphatic carbocycles. The van der Waals surface area contributed by atoms with E-state index in [4.69, 9.17) is 9.47 Å². The number of hydrazone groups is 1. The predicted octanol–water partition coefficient (Wildman–Crippen LogP) is 4.30. The highest BCUT2D eigenvalue weighted by atomic mass is 16.6. The zero-order chi connectivity index (χ0) is 25.4. The number of benzene rings is 4. The number of hydrogen-bond donors (Lipinski definition) is 2. The first-order valence-corrected chi connectivity index (χ1v) is 11.1. The van der Waals surface area contributed by atoms with Gasteiger partial charge in [-0.15, -0.1) is 0 Å². The zero-order valence-corrected chi connectivity index (χ0v) is 19.5. The van der Waals surface area contributed by atoms with E-state index in [2.05, 4.69) is 10.5 Å². The van der Waals surface area contributed by atoms with Gasteiger partial charge in [0.05, 0.1) is 18.9 Å². The molecule has 0 saturated carbocycles. The second-order valence-corrected chi connectivity index (χ2v) is 7.81. The maximum absolute atomic E-state index is 13.2. The minimum atomic E-state index is -1.95. The van der Waals surface area contributed by atoms with E-state index in [1.807, 2.05) is 0 Å². The Morgan fingerprint density at radius 1 is 0.806 bits per heavy atom. The van der Waals surface area contributed by atoms with Gasteiger partial charge in [0, 0.05) is 0 Å². The van der Waals surface area contributed by atoms with Gasteiger partial charge in [-0.2, -0.15) is 5.10 Å². The van der Waals surface area contributed by atoms with Crippen molar-refractivity contribution in [1.29, 1.82) is 0 Å². The first-order valence-electron chi connectivity index (χ1n) is 11.1. The molecule has 0 saturated heterocycles. The summed E-state index contributed by atoms with van der Waals surface area (Å²) in [4.78, 5) is 25.6. The lowest BCUT2D eigenvalue weighted by atomic mass is 9.85. The van der Waals surface area contributed by atoms with Gasteiger partial charge in [-0.05, 0) is 47.0 Å². The van der Waals surface area contributed by atoms with Crippen molar-refractivity contribution >= 4 is 18.1 Å². The van der Waals surface area contributed by atoms with E-state index in [1.54, 1.807) is 109 Å². The van der Waals surface area contributed by atoms with Crippen molar-refractivity contribution in [2.24, 2.45) is 5.10 Å². The number of esters is 1.